The van der Waals surface area contributed by atoms with E-state index in [0.29, 0.717) is 44.6 Å². The second-order valence-electron chi connectivity index (χ2n) is 6.97. The maximum atomic E-state index is 13.4. The third-order valence-corrected chi connectivity index (χ3v) is 5.79. The molecule has 0 aliphatic heterocycles. The number of hydrogen-bond donors (Lipinski definition) is 0. The Bertz CT molecular complexity index is 1460. The van der Waals surface area contributed by atoms with Gasteiger partial charge in [0, 0.05) is 11.3 Å². The van der Waals surface area contributed by atoms with Crippen LogP contribution in [0.4, 0.5) is 8.78 Å². The van der Waals surface area contributed by atoms with E-state index >= 15 is 0 Å². The monoisotopic (exact) mass is 447 g/mol. The van der Waals surface area contributed by atoms with Gasteiger partial charge < -0.3 is 4.42 Å². The maximum Gasteiger partial charge on any atom is 0.266 e. The molecule has 2 aromatic heterocycles. The van der Waals surface area contributed by atoms with Crippen LogP contribution in [-0.2, 0) is 5.75 Å². The second kappa shape index (κ2) is 8.39. The Morgan fingerprint density at radius 1 is 0.875 bits per heavy atom. The lowest BCUT2D eigenvalue weighted by Gasteiger charge is -2.12. The first-order valence-electron chi connectivity index (χ1n) is 9.69. The van der Waals surface area contributed by atoms with Gasteiger partial charge in [-0.3, -0.25) is 9.36 Å². The minimum absolute atomic E-state index is 0.239. The van der Waals surface area contributed by atoms with E-state index in [1.807, 2.05) is 6.07 Å². The van der Waals surface area contributed by atoms with Gasteiger partial charge in [-0.1, -0.05) is 23.9 Å². The van der Waals surface area contributed by atoms with Crippen molar-refractivity contribution in [3.8, 4) is 17.1 Å². The summed E-state index contributed by atoms with van der Waals surface area (Å²) in [5.74, 6) is 0.0392. The molecule has 8 heteroatoms. The van der Waals surface area contributed by atoms with Crippen molar-refractivity contribution in [1.82, 2.24) is 14.5 Å². The molecule has 0 saturated carbocycles. The van der Waals surface area contributed by atoms with Gasteiger partial charge in [0.1, 0.15) is 17.9 Å². The Morgan fingerprint density at radius 3 is 2.31 bits per heavy atom. The number of fused-ring (bicyclic) bond motifs is 1. The first-order valence-corrected chi connectivity index (χ1v) is 10.7. The molecular formula is C24H15F2N3O2S. The lowest BCUT2D eigenvalue weighted by molar-refractivity contribution is 0.572. The molecule has 5 aromatic rings. The van der Waals surface area contributed by atoms with Gasteiger partial charge in [0.15, 0.2) is 5.16 Å². The average Bonchev–Trinajstić information content (AvgIpc) is 3.28. The van der Waals surface area contributed by atoms with E-state index in [0.717, 1.165) is 0 Å². The van der Waals surface area contributed by atoms with Crippen LogP contribution in [0.5, 0.6) is 0 Å². The summed E-state index contributed by atoms with van der Waals surface area (Å²) in [4.78, 5) is 22.3. The Morgan fingerprint density at radius 2 is 1.56 bits per heavy atom. The fourth-order valence-corrected chi connectivity index (χ4v) is 4.15. The van der Waals surface area contributed by atoms with Crippen molar-refractivity contribution in [2.24, 2.45) is 0 Å². The van der Waals surface area contributed by atoms with Crippen molar-refractivity contribution >= 4 is 22.7 Å². The van der Waals surface area contributed by atoms with Crippen LogP contribution in [0, 0.1) is 11.6 Å². The van der Waals surface area contributed by atoms with Crippen molar-refractivity contribution in [1.29, 1.82) is 0 Å². The van der Waals surface area contributed by atoms with E-state index in [9.17, 15) is 13.6 Å². The molecule has 0 fully saturated rings. The highest BCUT2D eigenvalue weighted by molar-refractivity contribution is 7.98. The fourth-order valence-electron chi connectivity index (χ4n) is 3.26. The molecule has 0 amide bonds. The molecule has 2 heterocycles. The lowest BCUT2D eigenvalue weighted by Crippen LogP contribution is -2.21. The van der Waals surface area contributed by atoms with Crippen LogP contribution in [0.1, 0.15) is 5.69 Å². The number of para-hydroxylation sites is 1. The largest absolute Gasteiger partial charge is 0.444 e. The summed E-state index contributed by atoms with van der Waals surface area (Å²) >= 11 is 1.31. The number of aromatic nitrogens is 3. The Labute approximate surface area is 185 Å². The van der Waals surface area contributed by atoms with Gasteiger partial charge >= 0.3 is 0 Å². The molecular weight excluding hydrogens is 432 g/mol. The van der Waals surface area contributed by atoms with Gasteiger partial charge in [-0.25, -0.2) is 18.7 Å². The number of oxazole rings is 1. The van der Waals surface area contributed by atoms with Gasteiger partial charge in [0.05, 0.1) is 22.3 Å². The van der Waals surface area contributed by atoms with Gasteiger partial charge in [-0.05, 0) is 60.7 Å². The summed E-state index contributed by atoms with van der Waals surface area (Å²) in [6.45, 7) is 0. The van der Waals surface area contributed by atoms with E-state index in [4.69, 9.17) is 4.42 Å². The van der Waals surface area contributed by atoms with E-state index in [1.165, 1.54) is 46.9 Å². The second-order valence-corrected chi connectivity index (χ2v) is 7.91. The SMILES string of the molecule is O=c1c2ccccc2nc(SCc2coc(-c3ccc(F)cc3)n2)n1-c1ccc(F)cc1. The minimum Gasteiger partial charge on any atom is -0.444 e. The van der Waals surface area contributed by atoms with Crippen LogP contribution < -0.4 is 5.56 Å². The molecule has 5 rings (SSSR count). The van der Waals surface area contributed by atoms with Crippen LogP contribution in [0.3, 0.4) is 0 Å². The third-order valence-electron chi connectivity index (χ3n) is 4.82. The quantitative estimate of drug-likeness (QED) is 0.259. The van der Waals surface area contributed by atoms with Crippen LogP contribution in [0.25, 0.3) is 28.0 Å². The third kappa shape index (κ3) is 3.92. The van der Waals surface area contributed by atoms with Crippen molar-refractivity contribution in [2.45, 2.75) is 10.9 Å². The zero-order valence-electron chi connectivity index (χ0n) is 16.5. The van der Waals surface area contributed by atoms with Gasteiger partial charge in [0.25, 0.3) is 5.56 Å². The fraction of sp³-hybridized carbons (Fsp3) is 0.0417. The van der Waals surface area contributed by atoms with Crippen molar-refractivity contribution in [3.63, 3.8) is 0 Å². The van der Waals surface area contributed by atoms with E-state index < -0.39 is 0 Å². The number of rotatable bonds is 5. The van der Waals surface area contributed by atoms with Gasteiger partial charge in [-0.2, -0.15) is 0 Å². The number of benzene rings is 3. The molecule has 5 nitrogen and oxygen atoms in total. The molecule has 0 bridgehead atoms. The summed E-state index contributed by atoms with van der Waals surface area (Å²) in [5.41, 5.74) is 2.16. The standard InChI is InChI=1S/C24H15F2N3O2S/c25-16-7-5-15(6-8-16)22-27-18(13-31-22)14-32-24-28-21-4-2-1-3-20(21)23(30)29(24)19-11-9-17(26)10-12-19/h1-13H,14H2. The molecule has 0 saturated heterocycles. The zero-order chi connectivity index (χ0) is 22.1. The van der Waals surface area contributed by atoms with Gasteiger partial charge in [-0.15, -0.1) is 0 Å². The summed E-state index contributed by atoms with van der Waals surface area (Å²) in [7, 11) is 0. The van der Waals surface area contributed by atoms with Crippen molar-refractivity contribution in [3.05, 3.63) is 107 Å². The maximum absolute atomic E-state index is 13.4. The minimum atomic E-state index is -0.388. The molecule has 0 aliphatic rings. The predicted molar refractivity (Wildman–Crippen MR) is 119 cm³/mol. The summed E-state index contributed by atoms with van der Waals surface area (Å²) in [6, 6.07) is 18.6. The van der Waals surface area contributed by atoms with Crippen LogP contribution in [0.15, 0.2) is 93.4 Å². The Kier molecular flexibility index (Phi) is 5.28. The number of thioether (sulfide) groups is 1. The van der Waals surface area contributed by atoms with E-state index in [1.54, 1.807) is 42.5 Å². The molecule has 0 radical (unpaired) electrons. The molecule has 32 heavy (non-hydrogen) atoms. The summed E-state index contributed by atoms with van der Waals surface area (Å²) in [5, 5.41) is 0.924. The lowest BCUT2D eigenvalue weighted by atomic mass is 10.2. The summed E-state index contributed by atoms with van der Waals surface area (Å²) in [6.07, 6.45) is 1.52. The molecule has 3 aromatic carbocycles. The molecule has 0 spiro atoms. The van der Waals surface area contributed by atoms with Crippen LogP contribution in [-0.4, -0.2) is 14.5 Å². The molecule has 0 N–H and O–H groups in total. The average molecular weight is 447 g/mol. The number of hydrogen-bond acceptors (Lipinski definition) is 5. The Balaban J connectivity index is 1.50. The zero-order valence-corrected chi connectivity index (χ0v) is 17.4. The van der Waals surface area contributed by atoms with Crippen molar-refractivity contribution in [2.75, 3.05) is 0 Å². The first-order chi connectivity index (χ1) is 15.6. The highest BCUT2D eigenvalue weighted by Crippen LogP contribution is 2.26. The van der Waals surface area contributed by atoms with E-state index in [-0.39, 0.29) is 17.2 Å². The first kappa shape index (κ1) is 20.1. The number of nitrogens with zero attached hydrogens (tertiary/aromatic N) is 3. The highest BCUT2D eigenvalue weighted by Gasteiger charge is 2.15. The molecule has 0 aliphatic carbocycles. The molecule has 158 valence electrons. The van der Waals surface area contributed by atoms with Gasteiger partial charge in [0.2, 0.25) is 5.89 Å². The number of halogens is 2. The molecule has 0 atom stereocenters. The molecule has 0 unspecified atom stereocenters. The van der Waals surface area contributed by atoms with E-state index in [2.05, 4.69) is 9.97 Å². The summed E-state index contributed by atoms with van der Waals surface area (Å²) < 4.78 is 33.6. The van der Waals surface area contributed by atoms with Crippen molar-refractivity contribution < 1.29 is 13.2 Å². The topological polar surface area (TPSA) is 60.9 Å². The smallest absolute Gasteiger partial charge is 0.266 e. The Hall–Kier alpha value is -3.78. The van der Waals surface area contributed by atoms with Crippen LogP contribution >= 0.6 is 11.8 Å². The normalized spacial score (nSPS) is 11.2. The predicted octanol–water partition coefficient (Wildman–Crippen LogP) is 5.61. The van der Waals surface area contributed by atoms with Crippen LogP contribution in [0.2, 0.25) is 0 Å². The highest BCUT2D eigenvalue weighted by atomic mass is 32.2.